The Hall–Kier alpha value is -1.60. The summed E-state index contributed by atoms with van der Waals surface area (Å²) >= 11 is 0. The summed E-state index contributed by atoms with van der Waals surface area (Å²) in [5.74, 6) is 0.747. The molecule has 1 fully saturated rings. The van der Waals surface area contributed by atoms with Crippen LogP contribution in [0.15, 0.2) is 0 Å². The van der Waals surface area contributed by atoms with Crippen LogP contribution in [0.5, 0.6) is 0 Å². The lowest BCUT2D eigenvalue weighted by atomic mass is 10.0. The highest BCUT2D eigenvalue weighted by atomic mass is 16.5. The van der Waals surface area contributed by atoms with Gasteiger partial charge in [0.25, 0.3) is 0 Å². The molecule has 0 bridgehead atoms. The molecule has 7 nitrogen and oxygen atoms in total. The van der Waals surface area contributed by atoms with Crippen LogP contribution in [0.25, 0.3) is 0 Å². The fourth-order valence-electron chi connectivity index (χ4n) is 4.51. The van der Waals surface area contributed by atoms with Gasteiger partial charge in [0.1, 0.15) is 17.3 Å². The van der Waals surface area contributed by atoms with E-state index in [0.29, 0.717) is 70.9 Å². The minimum Gasteiger partial charge on any atom is -0.377 e. The highest BCUT2D eigenvalue weighted by Gasteiger charge is 2.36. The molecule has 0 saturated carbocycles. The average molecular weight is 510 g/mol. The summed E-state index contributed by atoms with van der Waals surface area (Å²) in [4.78, 5) is 50.6. The number of unbranched alkanes of at least 4 members (excludes halogenated alkanes) is 2. The van der Waals surface area contributed by atoms with E-state index in [2.05, 4.69) is 0 Å². The molecule has 0 aliphatic carbocycles. The van der Waals surface area contributed by atoms with Gasteiger partial charge in [-0.25, -0.2) is 0 Å². The van der Waals surface area contributed by atoms with Crippen LogP contribution in [0.1, 0.15) is 119 Å². The highest BCUT2D eigenvalue weighted by molar-refractivity contribution is 5.82. The summed E-state index contributed by atoms with van der Waals surface area (Å²) in [5.41, 5.74) is 0. The van der Waals surface area contributed by atoms with Crippen LogP contribution >= 0.6 is 0 Å². The topological polar surface area (TPSA) is 90.0 Å². The second kappa shape index (κ2) is 17.8. The van der Waals surface area contributed by atoms with E-state index < -0.39 is 0 Å². The molecule has 36 heavy (non-hydrogen) atoms. The normalized spacial score (nSPS) is 18.0. The van der Waals surface area contributed by atoms with E-state index >= 15 is 0 Å². The summed E-state index contributed by atoms with van der Waals surface area (Å²) in [6, 6.07) is 0.0403. The highest BCUT2D eigenvalue weighted by Crippen LogP contribution is 2.24. The summed E-state index contributed by atoms with van der Waals surface area (Å²) in [6.45, 7) is 12.9. The number of rotatable bonds is 20. The molecule has 1 amide bonds. The van der Waals surface area contributed by atoms with Crippen LogP contribution in [-0.4, -0.2) is 65.7 Å². The van der Waals surface area contributed by atoms with Gasteiger partial charge in [0.2, 0.25) is 5.91 Å². The molecule has 1 rings (SSSR count). The predicted molar refractivity (Wildman–Crippen MR) is 142 cm³/mol. The number of ether oxygens (including phenoxy) is 2. The van der Waals surface area contributed by atoms with Crippen LogP contribution in [0, 0.1) is 5.92 Å². The molecule has 1 aliphatic heterocycles. The molecule has 0 radical (unpaired) electrons. The minimum absolute atomic E-state index is 0.0403. The average Bonchev–Trinajstić information content (AvgIpc) is 3.19. The van der Waals surface area contributed by atoms with Gasteiger partial charge in [-0.05, 0) is 66.2 Å². The first kappa shape index (κ1) is 32.4. The van der Waals surface area contributed by atoms with Gasteiger partial charge >= 0.3 is 0 Å². The molecule has 0 spiro atoms. The number of amides is 1. The van der Waals surface area contributed by atoms with Crippen molar-refractivity contribution in [3.63, 3.8) is 0 Å². The van der Waals surface area contributed by atoms with Gasteiger partial charge in [0.15, 0.2) is 0 Å². The Balaban J connectivity index is 2.22. The lowest BCUT2D eigenvalue weighted by Gasteiger charge is -2.25. The van der Waals surface area contributed by atoms with Gasteiger partial charge in [-0.15, -0.1) is 0 Å². The zero-order valence-electron chi connectivity index (χ0n) is 23.7. The van der Waals surface area contributed by atoms with E-state index in [1.807, 2.05) is 46.4 Å². The molecule has 1 heterocycles. The maximum Gasteiger partial charge on any atom is 0.222 e. The Labute approximate surface area is 219 Å². The van der Waals surface area contributed by atoms with Gasteiger partial charge in [-0.1, -0.05) is 13.8 Å². The number of hydrogen-bond acceptors (Lipinski definition) is 6. The van der Waals surface area contributed by atoms with Crippen molar-refractivity contribution < 1.29 is 28.7 Å². The van der Waals surface area contributed by atoms with E-state index in [0.717, 1.165) is 19.3 Å². The van der Waals surface area contributed by atoms with E-state index in [-0.39, 0.29) is 53.5 Å². The van der Waals surface area contributed by atoms with E-state index in [1.54, 1.807) is 0 Å². The van der Waals surface area contributed by atoms with Crippen LogP contribution in [0.2, 0.25) is 0 Å². The van der Waals surface area contributed by atoms with Crippen molar-refractivity contribution in [2.24, 2.45) is 5.92 Å². The predicted octanol–water partition coefficient (Wildman–Crippen LogP) is 5.46. The van der Waals surface area contributed by atoms with Crippen molar-refractivity contribution in [3.05, 3.63) is 0 Å². The molecule has 0 aromatic carbocycles. The molecule has 1 aliphatic rings. The number of likely N-dealkylation sites (tertiary alicyclic amines) is 1. The van der Waals surface area contributed by atoms with E-state index in [1.165, 1.54) is 0 Å². The number of carbonyl (C=O) groups excluding carboxylic acids is 4. The third-order valence-electron chi connectivity index (χ3n) is 6.56. The number of Topliss-reactive ketones (excluding diaryl/α,β-unsaturated/α-hetero) is 3. The molecule has 0 aromatic rings. The number of nitrogens with zero attached hydrogens (tertiary/aromatic N) is 1. The zero-order chi connectivity index (χ0) is 27.1. The second-order valence-corrected chi connectivity index (χ2v) is 11.1. The first-order chi connectivity index (χ1) is 17.0. The Morgan fingerprint density at radius 3 is 1.78 bits per heavy atom. The zero-order valence-corrected chi connectivity index (χ0v) is 23.7. The number of carbonyl (C=O) groups is 4. The van der Waals surface area contributed by atoms with Crippen molar-refractivity contribution in [2.45, 2.75) is 143 Å². The van der Waals surface area contributed by atoms with Crippen molar-refractivity contribution >= 4 is 23.3 Å². The molecule has 7 heteroatoms. The van der Waals surface area contributed by atoms with Crippen molar-refractivity contribution in [1.82, 2.24) is 4.90 Å². The van der Waals surface area contributed by atoms with E-state index in [4.69, 9.17) is 9.47 Å². The molecule has 0 unspecified atom stereocenters. The van der Waals surface area contributed by atoms with Crippen LogP contribution < -0.4 is 0 Å². The number of hydrogen-bond donors (Lipinski definition) is 0. The quantitative estimate of drug-likeness (QED) is 0.202. The van der Waals surface area contributed by atoms with Crippen molar-refractivity contribution in [2.75, 3.05) is 13.2 Å². The number of ketones is 3. The monoisotopic (exact) mass is 509 g/mol. The fourth-order valence-corrected chi connectivity index (χ4v) is 4.51. The van der Waals surface area contributed by atoms with Gasteiger partial charge in [-0.2, -0.15) is 0 Å². The van der Waals surface area contributed by atoms with Crippen LogP contribution in [0.3, 0.4) is 0 Å². The maximum absolute atomic E-state index is 12.9. The lowest BCUT2D eigenvalue weighted by Crippen LogP contribution is -2.39. The van der Waals surface area contributed by atoms with E-state index in [9.17, 15) is 19.2 Å². The first-order valence-corrected chi connectivity index (χ1v) is 14.1. The molecular weight excluding hydrogens is 458 g/mol. The molecule has 2 atom stereocenters. The summed E-state index contributed by atoms with van der Waals surface area (Å²) in [6.07, 6.45) is 7.30. The largest absolute Gasteiger partial charge is 0.377 e. The first-order valence-electron chi connectivity index (χ1n) is 14.1. The van der Waals surface area contributed by atoms with Crippen LogP contribution in [-0.2, 0) is 28.7 Å². The van der Waals surface area contributed by atoms with Gasteiger partial charge in [-0.3, -0.25) is 19.2 Å². The fraction of sp³-hybridized carbons (Fsp3) is 0.862. The standard InChI is InChI=1S/C29H51NO6/c1-21(2)28(33)16-9-7-12-25(31)14-11-15-26(32)13-8-10-17-29(34)30-19-27(36-23(5)6)18-24(30)20-35-22(3)4/h21-24,27H,7-20H2,1-6H3/t24-,27+/m0/s1. The molecule has 1 saturated heterocycles. The molecule has 208 valence electrons. The van der Waals surface area contributed by atoms with Gasteiger partial charge in [0.05, 0.1) is 31.0 Å². The Morgan fingerprint density at radius 1 is 0.722 bits per heavy atom. The summed E-state index contributed by atoms with van der Waals surface area (Å²) in [5, 5.41) is 0. The smallest absolute Gasteiger partial charge is 0.222 e. The third-order valence-corrected chi connectivity index (χ3v) is 6.56. The Bertz CT molecular complexity index is 687. The lowest BCUT2D eigenvalue weighted by molar-refractivity contribution is -0.134. The third kappa shape index (κ3) is 14.2. The second-order valence-electron chi connectivity index (χ2n) is 11.1. The van der Waals surface area contributed by atoms with Gasteiger partial charge < -0.3 is 14.4 Å². The Morgan fingerprint density at radius 2 is 1.25 bits per heavy atom. The molecule has 0 N–H and O–H groups in total. The molecular formula is C29H51NO6. The SMILES string of the molecule is CC(C)OC[C@@H]1C[C@@H](OC(C)C)CN1C(=O)CCCCC(=O)CCCC(=O)CCCCC(=O)C(C)C. The summed E-state index contributed by atoms with van der Waals surface area (Å²) < 4.78 is 11.7. The summed E-state index contributed by atoms with van der Waals surface area (Å²) in [7, 11) is 0. The van der Waals surface area contributed by atoms with Crippen LogP contribution in [0.4, 0.5) is 0 Å². The molecule has 0 aromatic heterocycles. The minimum atomic E-state index is 0.0403. The van der Waals surface area contributed by atoms with Crippen molar-refractivity contribution in [1.29, 1.82) is 0 Å². The Kier molecular flexibility index (Phi) is 16.0. The van der Waals surface area contributed by atoms with Gasteiger partial charge in [0, 0.05) is 51.0 Å². The maximum atomic E-state index is 12.9. The van der Waals surface area contributed by atoms with Crippen molar-refractivity contribution in [3.8, 4) is 0 Å².